The lowest BCUT2D eigenvalue weighted by Gasteiger charge is -2.45. The smallest absolute Gasteiger partial charge is 0.256 e. The van der Waals surface area contributed by atoms with Crippen LogP contribution in [0.1, 0.15) is 65.0 Å². The Kier molecular flexibility index (Phi) is 15.4. The second kappa shape index (κ2) is 17.7. The van der Waals surface area contributed by atoms with E-state index >= 15 is 0 Å². The molecule has 0 aromatic carbocycles. The van der Waals surface area contributed by atoms with Gasteiger partial charge in [0.05, 0.1) is 5.69 Å². The van der Waals surface area contributed by atoms with Crippen molar-refractivity contribution in [2.24, 2.45) is 0 Å². The first-order chi connectivity index (χ1) is 17.9. The molecular formula is C27H46N2O6S2. The standard InChI is InChI=1S/C27H46N2O6S2/c1-8-11-14-32-21-22(33-15-12-9-2)24(34-16-13-10-3)27(31-5)35-23(21)25(30)29-20-19(36-6)17-18(4)28-26(20)37-7/h17,21-24,27H,8-16H2,1-7H3,(H,29,30)/t21-,22+,23+,24-,27+/m1/s1. The highest BCUT2D eigenvalue weighted by atomic mass is 32.2. The van der Waals surface area contributed by atoms with E-state index in [1.54, 1.807) is 18.9 Å². The van der Waals surface area contributed by atoms with Gasteiger partial charge in [-0.2, -0.15) is 0 Å². The molecule has 0 aliphatic carbocycles. The third-order valence-corrected chi connectivity index (χ3v) is 7.59. The van der Waals surface area contributed by atoms with Crippen molar-refractivity contribution in [1.82, 2.24) is 4.98 Å². The molecule has 0 spiro atoms. The largest absolute Gasteiger partial charge is 0.372 e. The van der Waals surface area contributed by atoms with E-state index in [0.717, 1.165) is 54.1 Å². The minimum Gasteiger partial charge on any atom is -0.372 e. The number of aryl methyl sites for hydroxylation is 1. The molecule has 1 aromatic heterocycles. The van der Waals surface area contributed by atoms with Crippen molar-refractivity contribution >= 4 is 35.1 Å². The lowest BCUT2D eigenvalue weighted by Crippen LogP contribution is -2.63. The number of ether oxygens (including phenoxy) is 5. The Morgan fingerprint density at radius 3 is 2.03 bits per heavy atom. The van der Waals surface area contributed by atoms with Crippen molar-refractivity contribution in [1.29, 1.82) is 0 Å². The van der Waals surface area contributed by atoms with Crippen molar-refractivity contribution in [3.8, 4) is 0 Å². The molecule has 1 aliphatic heterocycles. The predicted octanol–water partition coefficient (Wildman–Crippen LogP) is 5.70. The average Bonchev–Trinajstić information content (AvgIpc) is 2.90. The summed E-state index contributed by atoms with van der Waals surface area (Å²) in [5.41, 5.74) is 1.59. The highest BCUT2D eigenvalue weighted by Gasteiger charge is 2.51. The molecule has 1 amide bonds. The molecule has 10 heteroatoms. The fourth-order valence-corrected chi connectivity index (χ4v) is 5.39. The van der Waals surface area contributed by atoms with Crippen LogP contribution >= 0.6 is 23.5 Å². The Labute approximate surface area is 231 Å². The van der Waals surface area contributed by atoms with Crippen LogP contribution in [-0.4, -0.2) is 81.0 Å². The Morgan fingerprint density at radius 1 is 0.946 bits per heavy atom. The maximum absolute atomic E-state index is 13.8. The SMILES string of the molecule is CCCCO[C@H]1[C@@H](OCCCC)[C@@H](C(=O)Nc2c(SC)cc(C)nc2SC)O[C@H](OC)[C@@H]1OCCCC. The summed E-state index contributed by atoms with van der Waals surface area (Å²) in [6, 6.07) is 1.98. The molecule has 1 aromatic rings. The van der Waals surface area contributed by atoms with Crippen LogP contribution < -0.4 is 5.32 Å². The lowest BCUT2D eigenvalue weighted by atomic mass is 9.97. The van der Waals surface area contributed by atoms with Crippen LogP contribution in [-0.2, 0) is 28.5 Å². The summed E-state index contributed by atoms with van der Waals surface area (Å²) >= 11 is 3.06. The molecule has 2 rings (SSSR count). The zero-order valence-corrected chi connectivity index (χ0v) is 25.2. The number of amides is 1. The van der Waals surface area contributed by atoms with Gasteiger partial charge in [-0.05, 0) is 44.8 Å². The van der Waals surface area contributed by atoms with Gasteiger partial charge in [0.1, 0.15) is 23.3 Å². The van der Waals surface area contributed by atoms with Gasteiger partial charge in [-0.25, -0.2) is 4.98 Å². The van der Waals surface area contributed by atoms with Crippen LogP contribution in [0.25, 0.3) is 0 Å². The summed E-state index contributed by atoms with van der Waals surface area (Å²) in [6.45, 7) is 9.89. The van der Waals surface area contributed by atoms with Crippen molar-refractivity contribution in [3.05, 3.63) is 11.8 Å². The van der Waals surface area contributed by atoms with E-state index in [4.69, 9.17) is 23.7 Å². The summed E-state index contributed by atoms with van der Waals surface area (Å²) in [5, 5.41) is 3.86. The molecular weight excluding hydrogens is 512 g/mol. The summed E-state index contributed by atoms with van der Waals surface area (Å²) in [7, 11) is 1.57. The van der Waals surface area contributed by atoms with Gasteiger partial charge in [0, 0.05) is 37.5 Å². The number of aromatic nitrogens is 1. The van der Waals surface area contributed by atoms with Crippen LogP contribution in [0.15, 0.2) is 16.0 Å². The van der Waals surface area contributed by atoms with Gasteiger partial charge >= 0.3 is 0 Å². The maximum Gasteiger partial charge on any atom is 0.256 e. The number of rotatable bonds is 17. The number of thioether (sulfide) groups is 2. The number of nitrogens with zero attached hydrogens (tertiary/aromatic N) is 1. The third kappa shape index (κ3) is 9.37. The number of carbonyl (C=O) groups is 1. The van der Waals surface area contributed by atoms with E-state index in [0.29, 0.717) is 25.5 Å². The third-order valence-electron chi connectivity index (χ3n) is 6.15. The molecule has 37 heavy (non-hydrogen) atoms. The van der Waals surface area contributed by atoms with E-state index in [1.807, 2.05) is 25.5 Å². The number of methoxy groups -OCH3 is 1. The van der Waals surface area contributed by atoms with E-state index in [9.17, 15) is 4.79 Å². The number of hydrogen-bond acceptors (Lipinski definition) is 9. The first-order valence-electron chi connectivity index (χ1n) is 13.4. The minimum absolute atomic E-state index is 0.309. The number of unbranched alkanes of at least 4 members (excludes halogenated alkanes) is 3. The first-order valence-corrected chi connectivity index (χ1v) is 15.8. The van der Waals surface area contributed by atoms with Crippen molar-refractivity contribution in [2.45, 2.75) is 107 Å². The second-order valence-corrected chi connectivity index (χ2v) is 10.7. The fourth-order valence-electron chi connectivity index (χ4n) is 4.08. The number of anilines is 1. The monoisotopic (exact) mass is 558 g/mol. The molecule has 1 N–H and O–H groups in total. The molecule has 0 saturated carbocycles. The molecule has 1 fully saturated rings. The quantitative estimate of drug-likeness (QED) is 0.191. The maximum atomic E-state index is 13.8. The van der Waals surface area contributed by atoms with Gasteiger partial charge in [-0.1, -0.05) is 40.0 Å². The van der Waals surface area contributed by atoms with Crippen LogP contribution in [0.2, 0.25) is 0 Å². The molecule has 5 atom stereocenters. The topological polar surface area (TPSA) is 88.1 Å². The number of pyridine rings is 1. The van der Waals surface area contributed by atoms with Crippen LogP contribution in [0, 0.1) is 6.92 Å². The Balaban J connectivity index is 2.41. The highest BCUT2D eigenvalue weighted by molar-refractivity contribution is 7.99. The van der Waals surface area contributed by atoms with Crippen LogP contribution in [0.3, 0.4) is 0 Å². The van der Waals surface area contributed by atoms with E-state index in [1.165, 1.54) is 11.8 Å². The van der Waals surface area contributed by atoms with E-state index in [-0.39, 0.29) is 5.91 Å². The molecule has 0 bridgehead atoms. The zero-order valence-electron chi connectivity index (χ0n) is 23.5. The van der Waals surface area contributed by atoms with E-state index in [2.05, 4.69) is 31.1 Å². The van der Waals surface area contributed by atoms with Crippen molar-refractivity contribution in [3.63, 3.8) is 0 Å². The minimum atomic E-state index is -0.940. The zero-order chi connectivity index (χ0) is 27.2. The highest BCUT2D eigenvalue weighted by Crippen LogP contribution is 2.35. The molecule has 1 saturated heterocycles. The van der Waals surface area contributed by atoms with Crippen molar-refractivity contribution < 1.29 is 28.5 Å². The van der Waals surface area contributed by atoms with Gasteiger partial charge in [0.2, 0.25) is 0 Å². The summed E-state index contributed by atoms with van der Waals surface area (Å²) in [6.07, 6.45) is 6.25. The lowest BCUT2D eigenvalue weighted by molar-refractivity contribution is -0.306. The van der Waals surface area contributed by atoms with Gasteiger partial charge in [0.25, 0.3) is 5.91 Å². The van der Waals surface area contributed by atoms with Gasteiger partial charge < -0.3 is 29.0 Å². The van der Waals surface area contributed by atoms with Gasteiger partial charge in [0.15, 0.2) is 12.4 Å². The van der Waals surface area contributed by atoms with Crippen LogP contribution in [0.5, 0.6) is 0 Å². The summed E-state index contributed by atoms with van der Waals surface area (Å²) in [4.78, 5) is 19.4. The predicted molar refractivity (Wildman–Crippen MR) is 151 cm³/mol. The molecule has 212 valence electrons. The Hall–Kier alpha value is -0.880. The Morgan fingerprint density at radius 2 is 1.51 bits per heavy atom. The van der Waals surface area contributed by atoms with Gasteiger partial charge in [-0.15, -0.1) is 23.5 Å². The molecule has 0 radical (unpaired) electrons. The first kappa shape index (κ1) is 32.3. The average molecular weight is 559 g/mol. The van der Waals surface area contributed by atoms with Crippen molar-refractivity contribution in [2.75, 3.05) is 44.8 Å². The summed E-state index contributed by atoms with van der Waals surface area (Å²) in [5.74, 6) is -0.309. The number of nitrogens with one attached hydrogen (secondary N) is 1. The number of hydrogen-bond donors (Lipinski definition) is 1. The fraction of sp³-hybridized carbons (Fsp3) is 0.778. The van der Waals surface area contributed by atoms with Crippen LogP contribution in [0.4, 0.5) is 5.69 Å². The normalized spacial score (nSPS) is 23.8. The Bertz CT molecular complexity index is 790. The summed E-state index contributed by atoms with van der Waals surface area (Å²) < 4.78 is 30.9. The molecule has 8 nitrogen and oxygen atoms in total. The number of carbonyl (C=O) groups excluding carboxylic acids is 1. The molecule has 0 unspecified atom stereocenters. The second-order valence-electron chi connectivity index (χ2n) is 9.07. The van der Waals surface area contributed by atoms with E-state index < -0.39 is 30.7 Å². The molecule has 1 aliphatic rings. The van der Waals surface area contributed by atoms with Gasteiger partial charge in [-0.3, -0.25) is 4.79 Å². The molecule has 2 heterocycles.